The number of unbranched alkanes of at least 4 members (excludes halogenated alkanes) is 7. The van der Waals surface area contributed by atoms with Crippen molar-refractivity contribution in [3.05, 3.63) is 35.1 Å². The Morgan fingerprint density at radius 2 is 1.67 bits per heavy atom. The highest BCUT2D eigenvalue weighted by molar-refractivity contribution is 5.94. The maximum Gasteiger partial charge on any atom is 0.254 e. The number of carbonyl (C=O) groups is 1. The van der Waals surface area contributed by atoms with Gasteiger partial charge in [-0.1, -0.05) is 63.5 Å². The van der Waals surface area contributed by atoms with Crippen LogP contribution in [0.25, 0.3) is 0 Å². The number of carbonyl (C=O) groups excluding carboxylic acids is 1. The molecule has 1 amide bonds. The van der Waals surface area contributed by atoms with Crippen LogP contribution in [0.3, 0.4) is 0 Å². The summed E-state index contributed by atoms with van der Waals surface area (Å²) in [5.74, 6) is -0.756. The second-order valence-corrected chi connectivity index (χ2v) is 5.71. The normalized spacial score (nSPS) is 10.6. The molecule has 1 rings (SSSR count). The van der Waals surface area contributed by atoms with E-state index in [1.807, 2.05) is 6.92 Å². The molecule has 0 heterocycles. The number of benzene rings is 1. The maximum atomic E-state index is 13.5. The number of hydrogen-bond acceptors (Lipinski definition) is 1. The van der Waals surface area contributed by atoms with Crippen LogP contribution in [0.15, 0.2) is 18.2 Å². The van der Waals surface area contributed by atoms with Crippen molar-refractivity contribution in [3.8, 4) is 0 Å². The summed E-state index contributed by atoms with van der Waals surface area (Å²) in [5.41, 5.74) is 1.04. The third-order valence-corrected chi connectivity index (χ3v) is 3.68. The number of hydrogen-bond donors (Lipinski definition) is 1. The predicted octanol–water partition coefficient (Wildman–Crippen LogP) is 5.00. The summed E-state index contributed by atoms with van der Waals surface area (Å²) >= 11 is 0. The van der Waals surface area contributed by atoms with E-state index in [0.29, 0.717) is 6.54 Å². The zero-order valence-electron chi connectivity index (χ0n) is 13.4. The summed E-state index contributed by atoms with van der Waals surface area (Å²) in [4.78, 5) is 11.9. The van der Waals surface area contributed by atoms with Gasteiger partial charge in [-0.3, -0.25) is 4.79 Å². The van der Waals surface area contributed by atoms with Crippen LogP contribution in [0.4, 0.5) is 4.39 Å². The average molecular weight is 293 g/mol. The quantitative estimate of drug-likeness (QED) is 0.604. The van der Waals surface area contributed by atoms with E-state index in [1.54, 1.807) is 12.1 Å². The molecule has 0 bridgehead atoms. The lowest BCUT2D eigenvalue weighted by Gasteiger charge is -2.07. The monoisotopic (exact) mass is 293 g/mol. The average Bonchev–Trinajstić information content (AvgIpc) is 2.48. The summed E-state index contributed by atoms with van der Waals surface area (Å²) in [6.07, 6.45) is 9.85. The minimum atomic E-state index is -0.450. The number of aryl methyl sites for hydroxylation is 1. The highest BCUT2D eigenvalue weighted by Crippen LogP contribution is 2.10. The molecule has 0 aromatic heterocycles. The van der Waals surface area contributed by atoms with Crippen molar-refractivity contribution in [2.24, 2.45) is 0 Å². The van der Waals surface area contributed by atoms with E-state index in [0.717, 1.165) is 18.4 Å². The van der Waals surface area contributed by atoms with Crippen LogP contribution >= 0.6 is 0 Å². The van der Waals surface area contributed by atoms with E-state index in [2.05, 4.69) is 12.2 Å². The highest BCUT2D eigenvalue weighted by atomic mass is 19.1. The molecule has 1 aromatic rings. The Hall–Kier alpha value is -1.38. The van der Waals surface area contributed by atoms with Crippen LogP contribution in [-0.2, 0) is 0 Å². The van der Waals surface area contributed by atoms with Gasteiger partial charge in [-0.05, 0) is 25.5 Å². The molecule has 3 heteroatoms. The first-order chi connectivity index (χ1) is 10.1. The van der Waals surface area contributed by atoms with E-state index >= 15 is 0 Å². The van der Waals surface area contributed by atoms with E-state index in [4.69, 9.17) is 0 Å². The fourth-order valence-electron chi connectivity index (χ4n) is 2.37. The molecule has 21 heavy (non-hydrogen) atoms. The van der Waals surface area contributed by atoms with Gasteiger partial charge in [0.1, 0.15) is 5.82 Å². The highest BCUT2D eigenvalue weighted by Gasteiger charge is 2.10. The van der Waals surface area contributed by atoms with Crippen LogP contribution in [0.1, 0.15) is 74.2 Å². The van der Waals surface area contributed by atoms with Crippen LogP contribution in [-0.4, -0.2) is 12.5 Å². The van der Waals surface area contributed by atoms with Crippen LogP contribution in [0.5, 0.6) is 0 Å². The van der Waals surface area contributed by atoms with Gasteiger partial charge in [0, 0.05) is 6.54 Å². The smallest absolute Gasteiger partial charge is 0.254 e. The Morgan fingerprint density at radius 3 is 2.33 bits per heavy atom. The lowest BCUT2D eigenvalue weighted by molar-refractivity contribution is 0.0949. The summed E-state index contributed by atoms with van der Waals surface area (Å²) in [7, 11) is 0. The minimum Gasteiger partial charge on any atom is -0.352 e. The SMILES string of the molecule is CCCCCCCCCCNC(=O)c1cc(C)ccc1F. The minimum absolute atomic E-state index is 0.148. The summed E-state index contributed by atoms with van der Waals surface area (Å²) in [6.45, 7) is 4.70. The molecule has 0 aliphatic carbocycles. The fourth-order valence-corrected chi connectivity index (χ4v) is 2.37. The van der Waals surface area contributed by atoms with Gasteiger partial charge >= 0.3 is 0 Å². The Balaban J connectivity index is 2.12. The predicted molar refractivity (Wildman–Crippen MR) is 86.1 cm³/mol. The first kappa shape index (κ1) is 17.7. The van der Waals surface area contributed by atoms with Gasteiger partial charge in [-0.25, -0.2) is 4.39 Å². The van der Waals surface area contributed by atoms with Crippen molar-refractivity contribution < 1.29 is 9.18 Å². The first-order valence-corrected chi connectivity index (χ1v) is 8.19. The Kier molecular flexibility index (Phi) is 8.72. The number of amides is 1. The van der Waals surface area contributed by atoms with Gasteiger partial charge in [0.05, 0.1) is 5.56 Å². The zero-order valence-corrected chi connectivity index (χ0v) is 13.4. The molecule has 1 aromatic carbocycles. The molecule has 0 atom stereocenters. The number of nitrogens with one attached hydrogen (secondary N) is 1. The molecule has 0 aliphatic heterocycles. The van der Waals surface area contributed by atoms with E-state index < -0.39 is 5.82 Å². The summed E-state index contributed by atoms with van der Waals surface area (Å²) in [5, 5.41) is 2.80. The topological polar surface area (TPSA) is 29.1 Å². The maximum absolute atomic E-state index is 13.5. The Morgan fingerprint density at radius 1 is 1.05 bits per heavy atom. The van der Waals surface area contributed by atoms with Gasteiger partial charge in [-0.15, -0.1) is 0 Å². The van der Waals surface area contributed by atoms with Crippen molar-refractivity contribution >= 4 is 5.91 Å². The molecule has 0 saturated carbocycles. The first-order valence-electron chi connectivity index (χ1n) is 8.19. The molecule has 0 spiro atoms. The largest absolute Gasteiger partial charge is 0.352 e. The molecule has 0 aliphatic rings. The third kappa shape index (κ3) is 7.26. The van der Waals surface area contributed by atoms with Gasteiger partial charge < -0.3 is 5.32 Å². The van der Waals surface area contributed by atoms with Crippen molar-refractivity contribution in [2.45, 2.75) is 65.2 Å². The summed E-state index contributed by atoms with van der Waals surface area (Å²) < 4.78 is 13.5. The number of halogens is 1. The lowest BCUT2D eigenvalue weighted by Crippen LogP contribution is -2.25. The molecule has 0 saturated heterocycles. The van der Waals surface area contributed by atoms with Crippen molar-refractivity contribution in [1.82, 2.24) is 5.32 Å². The van der Waals surface area contributed by atoms with Gasteiger partial charge in [0.15, 0.2) is 0 Å². The summed E-state index contributed by atoms with van der Waals surface area (Å²) in [6, 6.07) is 4.61. The van der Waals surface area contributed by atoms with Gasteiger partial charge in [0.2, 0.25) is 0 Å². The molecule has 118 valence electrons. The molecular formula is C18H28FNO. The standard InChI is InChI=1S/C18H28FNO/c1-3-4-5-6-7-8-9-10-13-20-18(21)16-14-15(2)11-12-17(16)19/h11-12,14H,3-10,13H2,1-2H3,(H,20,21). The van der Waals surface area contributed by atoms with Gasteiger partial charge in [-0.2, -0.15) is 0 Å². The zero-order chi connectivity index (χ0) is 15.5. The Bertz CT molecular complexity index is 431. The van der Waals surface area contributed by atoms with Crippen molar-refractivity contribution in [2.75, 3.05) is 6.54 Å². The van der Waals surface area contributed by atoms with E-state index in [-0.39, 0.29) is 11.5 Å². The molecule has 0 fully saturated rings. The third-order valence-electron chi connectivity index (χ3n) is 3.68. The molecular weight excluding hydrogens is 265 g/mol. The van der Waals surface area contributed by atoms with E-state index in [1.165, 1.54) is 44.6 Å². The van der Waals surface area contributed by atoms with Crippen molar-refractivity contribution in [3.63, 3.8) is 0 Å². The van der Waals surface area contributed by atoms with Crippen LogP contribution in [0.2, 0.25) is 0 Å². The fraction of sp³-hybridized carbons (Fsp3) is 0.611. The van der Waals surface area contributed by atoms with Gasteiger partial charge in [0.25, 0.3) is 5.91 Å². The molecule has 0 unspecified atom stereocenters. The Labute approximate surface area is 128 Å². The van der Waals surface area contributed by atoms with Crippen LogP contribution in [0, 0.1) is 12.7 Å². The second-order valence-electron chi connectivity index (χ2n) is 5.71. The lowest BCUT2D eigenvalue weighted by atomic mass is 10.1. The molecule has 2 nitrogen and oxygen atoms in total. The second kappa shape index (κ2) is 10.4. The van der Waals surface area contributed by atoms with Crippen LogP contribution < -0.4 is 5.32 Å². The number of rotatable bonds is 10. The molecule has 0 radical (unpaired) electrons. The van der Waals surface area contributed by atoms with E-state index in [9.17, 15) is 9.18 Å². The molecule has 1 N–H and O–H groups in total. The van der Waals surface area contributed by atoms with Crippen molar-refractivity contribution in [1.29, 1.82) is 0 Å².